The number of hydrogen-bond acceptors (Lipinski definition) is 19. The van der Waals surface area contributed by atoms with Gasteiger partial charge in [0.2, 0.25) is 17.5 Å². The summed E-state index contributed by atoms with van der Waals surface area (Å²) in [5.41, 5.74) is -1.05. The summed E-state index contributed by atoms with van der Waals surface area (Å²) in [6.07, 6.45) is -23.0. The largest absolute Gasteiger partial charge is 0.508 e. The van der Waals surface area contributed by atoms with Gasteiger partial charge in [-0.05, 0) is 31.2 Å². The van der Waals surface area contributed by atoms with Gasteiger partial charge >= 0.3 is 0 Å². The number of ether oxygens (including phenoxy) is 6. The molecule has 3 aromatic rings. The highest BCUT2D eigenvalue weighted by Crippen LogP contribution is 2.38. The molecule has 3 aliphatic heterocycles. The first-order chi connectivity index (χ1) is 24.2. The van der Waals surface area contributed by atoms with Gasteiger partial charge in [-0.15, -0.1) is 0 Å². The van der Waals surface area contributed by atoms with E-state index < -0.39 is 127 Å². The number of aliphatic hydroxyl groups is 8. The number of fused-ring (bicyclic) bond motifs is 1. The second-order valence-corrected chi connectivity index (χ2v) is 12.5. The first-order valence-corrected chi connectivity index (χ1v) is 15.8. The molecule has 0 saturated carbocycles. The Morgan fingerprint density at radius 3 is 2.14 bits per heavy atom. The van der Waals surface area contributed by atoms with Crippen LogP contribution in [0.25, 0.3) is 22.3 Å². The molecule has 11 N–H and O–H groups in total. The van der Waals surface area contributed by atoms with E-state index in [2.05, 4.69) is 0 Å². The molecular weight excluding hydrogens is 688 g/mol. The molecule has 1 aromatic heterocycles. The third-order valence-corrected chi connectivity index (χ3v) is 8.90. The smallest absolute Gasteiger partial charge is 0.239 e. The molecule has 0 bridgehead atoms. The van der Waals surface area contributed by atoms with Crippen LogP contribution in [0.15, 0.2) is 45.6 Å². The normalized spacial score (nSPS) is 37.4. The van der Waals surface area contributed by atoms with Gasteiger partial charge in [0, 0.05) is 17.7 Å². The zero-order valence-electron chi connectivity index (χ0n) is 26.6. The summed E-state index contributed by atoms with van der Waals surface area (Å²) in [5.74, 6) is -2.13. The monoisotopic (exact) mass is 726 g/mol. The second-order valence-electron chi connectivity index (χ2n) is 12.5. The van der Waals surface area contributed by atoms with Gasteiger partial charge in [-0.3, -0.25) is 4.79 Å². The molecule has 19 heteroatoms. The van der Waals surface area contributed by atoms with E-state index in [0.717, 1.165) is 12.1 Å². The van der Waals surface area contributed by atoms with Crippen LogP contribution in [0, 0.1) is 0 Å². The summed E-state index contributed by atoms with van der Waals surface area (Å²) in [7, 11) is 0. The summed E-state index contributed by atoms with van der Waals surface area (Å²) in [6.45, 7) is 0.340. The van der Waals surface area contributed by atoms with Crippen molar-refractivity contribution in [3.05, 3.63) is 46.6 Å². The van der Waals surface area contributed by atoms with Gasteiger partial charge < -0.3 is 89.0 Å². The molecule has 3 fully saturated rings. The predicted octanol–water partition coefficient (Wildman–Crippen LogP) is -2.93. The highest BCUT2D eigenvalue weighted by Gasteiger charge is 2.50. The van der Waals surface area contributed by atoms with E-state index >= 15 is 0 Å². The summed E-state index contributed by atoms with van der Waals surface area (Å²) in [4.78, 5) is 13.7. The lowest BCUT2D eigenvalue weighted by molar-refractivity contribution is -0.351. The van der Waals surface area contributed by atoms with Crippen LogP contribution in [0.4, 0.5) is 0 Å². The second kappa shape index (κ2) is 14.8. The third-order valence-electron chi connectivity index (χ3n) is 8.90. The number of aliphatic hydroxyl groups excluding tert-OH is 8. The molecule has 0 radical (unpaired) electrons. The summed E-state index contributed by atoms with van der Waals surface area (Å²) in [5, 5.41) is 114. The molecule has 3 aliphatic rings. The molecule has 0 aliphatic carbocycles. The van der Waals surface area contributed by atoms with Crippen LogP contribution in [-0.2, 0) is 23.7 Å². The van der Waals surface area contributed by atoms with Crippen molar-refractivity contribution in [2.24, 2.45) is 0 Å². The van der Waals surface area contributed by atoms with E-state index in [1.165, 1.54) is 31.2 Å². The number of benzene rings is 2. The summed E-state index contributed by atoms with van der Waals surface area (Å²) < 4.78 is 39.3. The van der Waals surface area contributed by atoms with Gasteiger partial charge in [0.25, 0.3) is 0 Å². The average molecular weight is 727 g/mol. The maximum Gasteiger partial charge on any atom is 0.239 e. The quantitative estimate of drug-likeness (QED) is 0.111. The van der Waals surface area contributed by atoms with Crippen LogP contribution < -0.4 is 10.2 Å². The topological polar surface area (TPSA) is 308 Å². The Labute approximate surface area is 287 Å². The van der Waals surface area contributed by atoms with Crippen LogP contribution in [0.3, 0.4) is 0 Å². The van der Waals surface area contributed by atoms with E-state index in [-0.39, 0.29) is 22.7 Å². The fourth-order valence-corrected chi connectivity index (χ4v) is 5.98. The first-order valence-electron chi connectivity index (χ1n) is 15.8. The number of phenols is 3. The number of phenolic OH excluding ortho intramolecular Hbond substituents is 3. The van der Waals surface area contributed by atoms with Crippen molar-refractivity contribution in [3.8, 4) is 34.3 Å². The standard InChI is InChI=1S/C32H38O19/c1-10-19(37)28(50-30-24(42)20(38)15(36)8-45-30)26(44)31(47-10)46-9-17-21(39)23(41)25(43)32(49-17)51-29-22(40)18-14(35)6-13(34)7-16(18)48-27(29)11-2-4-12(33)5-3-11/h2-7,10,15,17,19-21,23-26,28,30-39,41-44H,8-9H2,1H3/t10-,15-,17-,19-,20+,21+,23+,24-,25-,26+,28+,30+,31+,32+/m1/s1. The molecule has 51 heavy (non-hydrogen) atoms. The Hall–Kier alpha value is -3.67. The molecule has 280 valence electrons. The number of rotatable bonds is 8. The summed E-state index contributed by atoms with van der Waals surface area (Å²) >= 11 is 0. The van der Waals surface area contributed by atoms with E-state index in [9.17, 15) is 61.0 Å². The maximum atomic E-state index is 13.7. The highest BCUT2D eigenvalue weighted by molar-refractivity contribution is 5.88. The Bertz CT molecular complexity index is 1730. The molecule has 2 aromatic carbocycles. The minimum Gasteiger partial charge on any atom is -0.508 e. The third kappa shape index (κ3) is 7.22. The van der Waals surface area contributed by atoms with Gasteiger partial charge in [0.05, 0.1) is 19.3 Å². The molecule has 0 spiro atoms. The van der Waals surface area contributed by atoms with Gasteiger partial charge in [-0.2, -0.15) is 0 Å². The van der Waals surface area contributed by atoms with E-state index in [1.807, 2.05) is 0 Å². The van der Waals surface area contributed by atoms with Gasteiger partial charge in [0.1, 0.15) is 89.3 Å². The first kappa shape index (κ1) is 37.1. The van der Waals surface area contributed by atoms with E-state index in [4.69, 9.17) is 32.8 Å². The summed E-state index contributed by atoms with van der Waals surface area (Å²) in [6, 6.07) is 7.23. The van der Waals surface area contributed by atoms with Gasteiger partial charge in [0.15, 0.2) is 18.3 Å². The van der Waals surface area contributed by atoms with Crippen LogP contribution in [0.1, 0.15) is 6.92 Å². The Morgan fingerprint density at radius 1 is 0.745 bits per heavy atom. The van der Waals surface area contributed by atoms with Crippen molar-refractivity contribution in [1.29, 1.82) is 0 Å². The van der Waals surface area contributed by atoms with Crippen LogP contribution >= 0.6 is 0 Å². The Balaban J connectivity index is 1.22. The molecule has 4 heterocycles. The lowest BCUT2D eigenvalue weighted by Crippen LogP contribution is -2.63. The lowest BCUT2D eigenvalue weighted by atomic mass is 9.98. The van der Waals surface area contributed by atoms with Crippen LogP contribution in [0.5, 0.6) is 23.0 Å². The minimum atomic E-state index is -1.98. The Kier molecular flexibility index (Phi) is 10.7. The van der Waals surface area contributed by atoms with Crippen molar-refractivity contribution in [3.63, 3.8) is 0 Å². The van der Waals surface area contributed by atoms with Crippen molar-refractivity contribution >= 4 is 11.0 Å². The minimum absolute atomic E-state index is 0.127. The predicted molar refractivity (Wildman–Crippen MR) is 165 cm³/mol. The molecule has 6 rings (SSSR count). The molecule has 0 unspecified atom stereocenters. The van der Waals surface area contributed by atoms with E-state index in [1.54, 1.807) is 0 Å². The Morgan fingerprint density at radius 2 is 1.43 bits per heavy atom. The molecule has 14 atom stereocenters. The fourth-order valence-electron chi connectivity index (χ4n) is 5.98. The fraction of sp³-hybridized carbons (Fsp3) is 0.531. The van der Waals surface area contributed by atoms with Crippen molar-refractivity contribution in [2.45, 2.75) is 92.9 Å². The van der Waals surface area contributed by atoms with Crippen molar-refractivity contribution in [2.75, 3.05) is 13.2 Å². The lowest BCUT2D eigenvalue weighted by Gasteiger charge is -2.45. The van der Waals surface area contributed by atoms with Crippen molar-refractivity contribution in [1.82, 2.24) is 0 Å². The van der Waals surface area contributed by atoms with Crippen LogP contribution in [-0.4, -0.2) is 155 Å². The molecular formula is C32H38O19. The maximum absolute atomic E-state index is 13.7. The molecule has 3 saturated heterocycles. The molecule has 19 nitrogen and oxygen atoms in total. The highest BCUT2D eigenvalue weighted by atomic mass is 16.7. The zero-order chi connectivity index (χ0) is 36.9. The molecule has 0 amide bonds. The zero-order valence-corrected chi connectivity index (χ0v) is 26.6. The van der Waals surface area contributed by atoms with Gasteiger partial charge in [-0.25, -0.2) is 0 Å². The average Bonchev–Trinajstić information content (AvgIpc) is 3.09. The van der Waals surface area contributed by atoms with Crippen molar-refractivity contribution < 1.29 is 89.0 Å². The SMILES string of the molecule is C[C@H]1O[C@H](OC[C@H]2O[C@@H](Oc3c(-c4ccc(O)cc4)oc4cc(O)cc(O)c4c3=O)[C@H](O)[C@@H](O)[C@H]2O)[C@@H](O)[C@@H](O[C@@H]2OC[C@@H](O)[C@H](O)[C@H]2O)[C@@H]1O. The van der Waals surface area contributed by atoms with Crippen LogP contribution in [0.2, 0.25) is 0 Å². The number of hydrogen-bond donors (Lipinski definition) is 11. The number of aromatic hydroxyl groups is 3. The van der Waals surface area contributed by atoms with E-state index in [0.29, 0.717) is 0 Å². The van der Waals surface area contributed by atoms with Gasteiger partial charge in [-0.1, -0.05) is 0 Å².